The lowest BCUT2D eigenvalue weighted by molar-refractivity contribution is 0.152. The van der Waals surface area contributed by atoms with Gasteiger partial charge in [0.2, 0.25) is 0 Å². The van der Waals surface area contributed by atoms with Crippen molar-refractivity contribution in [1.29, 1.82) is 0 Å². The predicted molar refractivity (Wildman–Crippen MR) is 181 cm³/mol. The van der Waals surface area contributed by atoms with Gasteiger partial charge in [-0.15, -0.1) is 20.1 Å². The Balaban J connectivity index is 1.45. The number of piperazine rings is 1. The molecule has 0 amide bonds. The summed E-state index contributed by atoms with van der Waals surface area (Å²) in [5.74, 6) is 6.80. The molecule has 2 aromatic heterocycles. The highest BCUT2D eigenvalue weighted by molar-refractivity contribution is 7.91. The van der Waals surface area contributed by atoms with Crippen molar-refractivity contribution in [2.45, 2.75) is 76.6 Å². The normalized spacial score (nSPS) is 19.0. The Hall–Kier alpha value is -2.74. The number of amidine groups is 2. The molecule has 0 radical (unpaired) electrons. The highest BCUT2D eigenvalue weighted by Gasteiger charge is 2.30. The summed E-state index contributed by atoms with van der Waals surface area (Å²) in [6.07, 6.45) is 4.77. The van der Waals surface area contributed by atoms with Crippen molar-refractivity contribution in [3.8, 4) is 17.6 Å². The second-order valence-electron chi connectivity index (χ2n) is 13.4. The number of thiophene rings is 1. The summed E-state index contributed by atoms with van der Waals surface area (Å²) in [7, 11) is -1.82. The number of furan rings is 1. The number of likely N-dealkylation sites (N-methyl/N-ethyl adjacent to an activating group) is 1. The van der Waals surface area contributed by atoms with E-state index in [0.717, 1.165) is 68.9 Å². The minimum absolute atomic E-state index is 0.0763. The number of aryl methyl sites for hydroxylation is 1. The summed E-state index contributed by atoms with van der Waals surface area (Å²) in [4.78, 5) is 4.87. The maximum atomic E-state index is 12.8. The van der Waals surface area contributed by atoms with Gasteiger partial charge in [0.05, 0.1) is 12.0 Å². The Labute approximate surface area is 273 Å². The Kier molecular flexibility index (Phi) is 11.2. The molecule has 4 N–H and O–H groups in total. The lowest BCUT2D eigenvalue weighted by Gasteiger charge is -2.32. The Morgan fingerprint density at radius 3 is 2.47 bits per heavy atom. The molecule has 12 nitrogen and oxygen atoms in total. The van der Waals surface area contributed by atoms with Gasteiger partial charge in [0.25, 0.3) is 21.2 Å². The number of hydrogen-bond acceptors (Lipinski definition) is 10. The summed E-state index contributed by atoms with van der Waals surface area (Å²) < 4.78 is 54.5. The second-order valence-corrected chi connectivity index (χ2v) is 17.0. The molecule has 4 heterocycles. The first kappa shape index (κ1) is 35.1. The minimum Gasteiger partial charge on any atom is -0.504 e. The van der Waals surface area contributed by atoms with Crippen LogP contribution in [0.3, 0.4) is 0 Å². The molecule has 2 unspecified atom stereocenters. The summed E-state index contributed by atoms with van der Waals surface area (Å²) in [6.45, 7) is 16.7. The average Bonchev–Trinajstić information content (AvgIpc) is 3.63. The first-order chi connectivity index (χ1) is 21.0. The molecule has 0 bridgehead atoms. The highest BCUT2D eigenvalue weighted by Crippen LogP contribution is 2.38. The molecular formula is C30H45N7O5S3. The van der Waals surface area contributed by atoms with Gasteiger partial charge in [0.1, 0.15) is 11.8 Å². The van der Waals surface area contributed by atoms with E-state index in [1.165, 1.54) is 5.38 Å². The van der Waals surface area contributed by atoms with Crippen molar-refractivity contribution in [1.82, 2.24) is 19.8 Å². The standard InChI is InChI=1S/C30H45N7O5S3/c1-29(2,3)12-11-22(24-18-21(19-42-24)10-8-9-13-37-16-14-36(7)15-17-37)31-26-27(34-44(39)33-26)32-23-20-43-28(25(23)38)45(40,41)35-30(4,5)6/h18-20,22,35,38H,8-10,13-17H2,1-7H3,(H,31,33)(H,32,34). The zero-order valence-electron chi connectivity index (χ0n) is 27.1. The zero-order chi connectivity index (χ0) is 33.0. The lowest BCUT2D eigenvalue weighted by Crippen LogP contribution is -2.44. The van der Waals surface area contributed by atoms with Gasteiger partial charge in [-0.25, -0.2) is 17.3 Å². The number of unbranched alkanes of at least 4 members (excludes halogenated alkanes) is 1. The fourth-order valence-corrected chi connectivity index (χ4v) is 7.93. The lowest BCUT2D eigenvalue weighted by atomic mass is 9.97. The second kappa shape index (κ2) is 14.4. The molecule has 2 aliphatic heterocycles. The number of sulfonamides is 1. The molecule has 2 atom stereocenters. The van der Waals surface area contributed by atoms with E-state index in [1.807, 2.05) is 26.8 Å². The fraction of sp³-hybridized carbons (Fsp3) is 0.600. The van der Waals surface area contributed by atoms with Crippen LogP contribution in [0.4, 0.5) is 5.69 Å². The SMILES string of the molecule is CN1CCN(CCCCc2coc(C(C#CC(C)(C)C)NC3=NS(=O)N=C3Nc3csc(S(=O)(=O)NC(C)(C)C)c3O)c2)CC1. The van der Waals surface area contributed by atoms with Gasteiger partial charge in [-0.3, -0.25) is 0 Å². The maximum absolute atomic E-state index is 12.8. The van der Waals surface area contributed by atoms with E-state index >= 15 is 0 Å². The van der Waals surface area contributed by atoms with Crippen LogP contribution in [0.5, 0.6) is 5.75 Å². The van der Waals surface area contributed by atoms with Gasteiger partial charge in [0, 0.05) is 42.5 Å². The van der Waals surface area contributed by atoms with E-state index in [9.17, 15) is 17.7 Å². The van der Waals surface area contributed by atoms with Crippen LogP contribution in [0, 0.1) is 17.3 Å². The van der Waals surface area contributed by atoms with Crippen LogP contribution < -0.4 is 15.4 Å². The van der Waals surface area contributed by atoms with Crippen LogP contribution in [-0.2, 0) is 27.6 Å². The van der Waals surface area contributed by atoms with Crippen molar-refractivity contribution in [2.75, 3.05) is 45.1 Å². The zero-order valence-corrected chi connectivity index (χ0v) is 29.5. The monoisotopic (exact) mass is 679 g/mol. The van der Waals surface area contributed by atoms with E-state index in [1.54, 1.807) is 27.0 Å². The third-order valence-electron chi connectivity index (χ3n) is 6.85. The predicted octanol–water partition coefficient (Wildman–Crippen LogP) is 3.88. The largest absolute Gasteiger partial charge is 0.504 e. The van der Waals surface area contributed by atoms with Crippen LogP contribution in [0.25, 0.3) is 0 Å². The summed E-state index contributed by atoms with van der Waals surface area (Å²) >= 11 is -1.08. The van der Waals surface area contributed by atoms with Crippen molar-refractivity contribution in [3.05, 3.63) is 29.0 Å². The van der Waals surface area contributed by atoms with E-state index in [2.05, 4.69) is 52.8 Å². The van der Waals surface area contributed by atoms with Gasteiger partial charge in [-0.05, 0) is 86.0 Å². The Morgan fingerprint density at radius 1 is 1.11 bits per heavy atom. The molecule has 0 spiro atoms. The first-order valence-corrected chi connectivity index (χ1v) is 18.4. The molecule has 0 aromatic carbocycles. The summed E-state index contributed by atoms with van der Waals surface area (Å²) in [5.41, 5.74) is 0.131. The summed E-state index contributed by atoms with van der Waals surface area (Å²) in [6, 6.07) is 1.35. The van der Waals surface area contributed by atoms with Gasteiger partial charge >= 0.3 is 0 Å². The number of hydrogen-bond donors (Lipinski definition) is 4. The Morgan fingerprint density at radius 2 is 1.80 bits per heavy atom. The number of aromatic hydroxyl groups is 1. The van der Waals surface area contributed by atoms with Crippen LogP contribution in [0.15, 0.2) is 35.1 Å². The third-order valence-corrected chi connectivity index (χ3v) is 10.8. The van der Waals surface area contributed by atoms with Crippen molar-refractivity contribution in [3.63, 3.8) is 0 Å². The molecule has 45 heavy (non-hydrogen) atoms. The topological polar surface area (TPSA) is 152 Å². The highest BCUT2D eigenvalue weighted by atomic mass is 32.2. The van der Waals surface area contributed by atoms with E-state index in [-0.39, 0.29) is 27.0 Å². The molecule has 0 saturated carbocycles. The van der Waals surface area contributed by atoms with E-state index in [4.69, 9.17) is 4.42 Å². The third kappa shape index (κ3) is 10.4. The number of rotatable bonds is 10. The number of nitrogens with one attached hydrogen (secondary N) is 3. The summed E-state index contributed by atoms with van der Waals surface area (Å²) in [5, 5.41) is 18.3. The van der Waals surface area contributed by atoms with Crippen LogP contribution in [-0.4, -0.2) is 84.5 Å². The molecule has 1 fully saturated rings. The quantitative estimate of drug-likeness (QED) is 0.217. The van der Waals surface area contributed by atoms with Crippen molar-refractivity contribution < 1.29 is 22.2 Å². The minimum atomic E-state index is -3.98. The molecule has 0 aliphatic carbocycles. The molecule has 4 rings (SSSR count). The fourth-order valence-electron chi connectivity index (χ4n) is 4.65. The van der Waals surface area contributed by atoms with Gasteiger partial charge in [-0.2, -0.15) is 0 Å². The molecule has 248 valence electrons. The van der Waals surface area contributed by atoms with Crippen LogP contribution in [0.1, 0.15) is 71.7 Å². The van der Waals surface area contributed by atoms with Crippen molar-refractivity contribution >= 4 is 49.9 Å². The smallest absolute Gasteiger partial charge is 0.269 e. The number of anilines is 1. The van der Waals surface area contributed by atoms with Crippen LogP contribution in [0.2, 0.25) is 0 Å². The van der Waals surface area contributed by atoms with Gasteiger partial charge in [0.15, 0.2) is 21.6 Å². The Bertz CT molecular complexity index is 1600. The molecule has 1 saturated heterocycles. The van der Waals surface area contributed by atoms with E-state index in [0.29, 0.717) is 5.76 Å². The van der Waals surface area contributed by atoms with Gasteiger partial charge in [-0.1, -0.05) is 11.8 Å². The number of nitrogens with zero attached hydrogens (tertiary/aromatic N) is 4. The molecule has 15 heteroatoms. The maximum Gasteiger partial charge on any atom is 0.269 e. The van der Waals surface area contributed by atoms with Crippen LogP contribution >= 0.6 is 11.3 Å². The molecular weight excluding hydrogens is 635 g/mol. The molecule has 2 aromatic rings. The van der Waals surface area contributed by atoms with E-state index < -0.39 is 38.5 Å². The molecule has 2 aliphatic rings. The first-order valence-electron chi connectivity index (χ1n) is 15.0. The van der Waals surface area contributed by atoms with Crippen molar-refractivity contribution in [2.24, 2.45) is 14.2 Å². The average molecular weight is 680 g/mol. The van der Waals surface area contributed by atoms with Gasteiger partial charge < -0.3 is 30.0 Å².